The van der Waals surface area contributed by atoms with Crippen molar-refractivity contribution < 1.29 is 4.79 Å². The zero-order valence-corrected chi connectivity index (χ0v) is 10.6. The molecule has 0 aliphatic rings. The van der Waals surface area contributed by atoms with E-state index in [4.69, 9.17) is 5.73 Å². The van der Waals surface area contributed by atoms with Gasteiger partial charge >= 0.3 is 0 Å². The highest BCUT2D eigenvalue weighted by molar-refractivity contribution is 5.81. The molecule has 0 aromatic heterocycles. The van der Waals surface area contributed by atoms with Crippen LogP contribution in [0.4, 0.5) is 0 Å². The normalized spacial score (nSPS) is 10.6. The van der Waals surface area contributed by atoms with Gasteiger partial charge in [-0.3, -0.25) is 4.79 Å². The Balaban J connectivity index is 0. The fraction of sp³-hybridized carbons (Fsp3) is 0.750. The summed E-state index contributed by atoms with van der Waals surface area (Å²) >= 11 is 0. The summed E-state index contributed by atoms with van der Waals surface area (Å²) in [4.78, 5) is 11.2. The van der Waals surface area contributed by atoms with Gasteiger partial charge in [0, 0.05) is 0 Å². The van der Waals surface area contributed by atoms with E-state index in [2.05, 4.69) is 17.2 Å². The molecule has 88 valence electrons. The Hall–Kier alpha value is -1.01. The molecule has 0 fully saturated rings. The van der Waals surface area contributed by atoms with E-state index in [1.165, 1.54) is 0 Å². The van der Waals surface area contributed by atoms with Crippen LogP contribution < -0.4 is 11.1 Å². The Morgan fingerprint density at radius 1 is 1.40 bits per heavy atom. The zero-order valence-electron chi connectivity index (χ0n) is 10.6. The van der Waals surface area contributed by atoms with Crippen molar-refractivity contribution in [2.45, 2.75) is 47.1 Å². The first-order valence-electron chi connectivity index (χ1n) is 5.50. The van der Waals surface area contributed by atoms with E-state index in [-0.39, 0.29) is 5.91 Å². The van der Waals surface area contributed by atoms with Gasteiger partial charge in [-0.1, -0.05) is 33.6 Å². The second-order valence-corrected chi connectivity index (χ2v) is 3.38. The van der Waals surface area contributed by atoms with Crippen LogP contribution in [0.5, 0.6) is 0 Å². The second-order valence-electron chi connectivity index (χ2n) is 3.38. The lowest BCUT2D eigenvalue weighted by molar-refractivity contribution is -0.122. The third kappa shape index (κ3) is 10.9. The highest BCUT2D eigenvalue weighted by Gasteiger charge is 2.13. The molecule has 1 atom stereocenters. The predicted octanol–water partition coefficient (Wildman–Crippen LogP) is 1.53. The van der Waals surface area contributed by atoms with Gasteiger partial charge in [0.05, 0.1) is 12.6 Å². The summed E-state index contributed by atoms with van der Waals surface area (Å²) in [6.45, 7) is 10.2. The van der Waals surface area contributed by atoms with Crippen LogP contribution in [0.25, 0.3) is 0 Å². The molecule has 3 nitrogen and oxygen atoms in total. The van der Waals surface area contributed by atoms with E-state index >= 15 is 0 Å². The molecule has 1 unspecified atom stereocenters. The number of hydrogen-bond acceptors (Lipinski definition) is 2. The van der Waals surface area contributed by atoms with E-state index in [0.29, 0.717) is 18.9 Å². The van der Waals surface area contributed by atoms with Crippen LogP contribution in [0.3, 0.4) is 0 Å². The van der Waals surface area contributed by atoms with Crippen LogP contribution in [-0.4, -0.2) is 18.5 Å². The monoisotopic (exact) mass is 212 g/mol. The molecule has 0 aliphatic heterocycles. The number of carbonyl (C=O) groups excluding carboxylic acids is 1. The van der Waals surface area contributed by atoms with E-state index < -0.39 is 6.04 Å². The van der Waals surface area contributed by atoms with Gasteiger partial charge in [-0.05, 0) is 19.3 Å². The Morgan fingerprint density at radius 2 is 1.93 bits per heavy atom. The maximum atomic E-state index is 11.2. The summed E-state index contributed by atoms with van der Waals surface area (Å²) in [6.07, 6.45) is 0.714. The smallest absolute Gasteiger partial charge is 0.237 e. The van der Waals surface area contributed by atoms with Crippen LogP contribution in [-0.2, 0) is 4.79 Å². The summed E-state index contributed by atoms with van der Waals surface area (Å²) in [5, 5.41) is 2.65. The van der Waals surface area contributed by atoms with Crippen LogP contribution in [0.15, 0.2) is 0 Å². The molecule has 3 N–H and O–H groups in total. The molecule has 0 bridgehead atoms. The molecule has 3 heteroatoms. The fourth-order valence-electron chi connectivity index (χ4n) is 0.966. The van der Waals surface area contributed by atoms with Crippen molar-refractivity contribution in [3.63, 3.8) is 0 Å². The van der Waals surface area contributed by atoms with Crippen LogP contribution >= 0.6 is 0 Å². The van der Waals surface area contributed by atoms with Gasteiger partial charge in [-0.25, -0.2) is 0 Å². The van der Waals surface area contributed by atoms with E-state index in [1.807, 2.05) is 27.7 Å². The third-order valence-electron chi connectivity index (χ3n) is 1.59. The van der Waals surface area contributed by atoms with Gasteiger partial charge in [0.15, 0.2) is 0 Å². The largest absolute Gasteiger partial charge is 0.344 e. The average molecular weight is 212 g/mol. The van der Waals surface area contributed by atoms with Crippen molar-refractivity contribution in [1.82, 2.24) is 5.32 Å². The summed E-state index contributed by atoms with van der Waals surface area (Å²) in [5.74, 6) is 5.78. The molecule has 0 spiro atoms. The molecular formula is C12H24N2O. The van der Waals surface area contributed by atoms with Gasteiger partial charge in [-0.2, -0.15) is 0 Å². The molecule has 0 heterocycles. The van der Waals surface area contributed by atoms with Gasteiger partial charge in [0.25, 0.3) is 0 Å². The maximum Gasteiger partial charge on any atom is 0.237 e. The number of carbonyl (C=O) groups is 1. The van der Waals surface area contributed by atoms with E-state index in [1.54, 1.807) is 6.92 Å². The van der Waals surface area contributed by atoms with Crippen LogP contribution in [0.1, 0.15) is 41.0 Å². The highest BCUT2D eigenvalue weighted by atomic mass is 16.2. The SMILES string of the molecule is CC.CC#CCNC(=O)C(N)CC(C)C. The molecule has 1 amide bonds. The first-order valence-corrected chi connectivity index (χ1v) is 5.50. The highest BCUT2D eigenvalue weighted by Crippen LogP contribution is 2.01. The van der Waals surface area contributed by atoms with Gasteiger partial charge in [0.1, 0.15) is 0 Å². The number of hydrogen-bond donors (Lipinski definition) is 2. The first kappa shape index (κ1) is 16.4. The van der Waals surface area contributed by atoms with Crippen molar-refractivity contribution in [2.75, 3.05) is 6.54 Å². The molecule has 0 aliphatic carbocycles. The third-order valence-corrected chi connectivity index (χ3v) is 1.59. The molecule has 15 heavy (non-hydrogen) atoms. The van der Waals surface area contributed by atoms with E-state index in [9.17, 15) is 4.79 Å². The molecule has 0 saturated carbocycles. The van der Waals surface area contributed by atoms with Gasteiger partial charge in [0.2, 0.25) is 5.91 Å². The lowest BCUT2D eigenvalue weighted by Crippen LogP contribution is -2.41. The molecular weight excluding hydrogens is 188 g/mol. The summed E-state index contributed by atoms with van der Waals surface area (Å²) in [5.41, 5.74) is 5.64. The molecule has 0 saturated heterocycles. The first-order chi connectivity index (χ1) is 7.07. The van der Waals surface area contributed by atoms with Crippen molar-refractivity contribution in [1.29, 1.82) is 0 Å². The lowest BCUT2D eigenvalue weighted by Gasteiger charge is -2.12. The summed E-state index contributed by atoms with van der Waals surface area (Å²) in [6, 6.07) is -0.404. The number of rotatable bonds is 4. The topological polar surface area (TPSA) is 55.1 Å². The quantitative estimate of drug-likeness (QED) is 0.694. The van der Waals surface area contributed by atoms with Crippen molar-refractivity contribution in [2.24, 2.45) is 11.7 Å². The predicted molar refractivity (Wildman–Crippen MR) is 65.2 cm³/mol. The number of nitrogens with two attached hydrogens (primary N) is 1. The summed E-state index contributed by atoms with van der Waals surface area (Å²) in [7, 11) is 0. The second kappa shape index (κ2) is 11.1. The Morgan fingerprint density at radius 3 is 2.33 bits per heavy atom. The molecule has 0 aromatic rings. The van der Waals surface area contributed by atoms with Crippen molar-refractivity contribution in [3.05, 3.63) is 0 Å². The Labute approximate surface area is 93.8 Å². The fourth-order valence-corrected chi connectivity index (χ4v) is 0.966. The number of nitrogens with one attached hydrogen (secondary N) is 1. The minimum Gasteiger partial charge on any atom is -0.344 e. The standard InChI is InChI=1S/C10H18N2O.C2H6/c1-4-5-6-12-10(13)9(11)7-8(2)3;1-2/h8-9H,6-7,11H2,1-3H3,(H,12,13);1-2H3. The zero-order chi connectivity index (χ0) is 12.3. The minimum absolute atomic E-state index is 0.114. The molecule has 0 aromatic carbocycles. The Bertz CT molecular complexity index is 213. The molecule has 0 radical (unpaired) electrons. The van der Waals surface area contributed by atoms with Crippen LogP contribution in [0.2, 0.25) is 0 Å². The van der Waals surface area contributed by atoms with Gasteiger partial charge < -0.3 is 11.1 Å². The van der Waals surface area contributed by atoms with Gasteiger partial charge in [-0.15, -0.1) is 5.92 Å². The van der Waals surface area contributed by atoms with Crippen LogP contribution in [0, 0.1) is 17.8 Å². The summed E-state index contributed by atoms with van der Waals surface area (Å²) < 4.78 is 0. The van der Waals surface area contributed by atoms with Crippen molar-refractivity contribution >= 4 is 5.91 Å². The maximum absolute atomic E-state index is 11.2. The van der Waals surface area contributed by atoms with E-state index in [0.717, 1.165) is 0 Å². The number of amides is 1. The Kier molecular flexibility index (Phi) is 12.1. The van der Waals surface area contributed by atoms with Crippen molar-refractivity contribution in [3.8, 4) is 11.8 Å². The lowest BCUT2D eigenvalue weighted by atomic mass is 10.0. The minimum atomic E-state index is -0.404. The average Bonchev–Trinajstić information content (AvgIpc) is 2.20. The molecule has 0 rings (SSSR count).